The largest absolute Gasteiger partial charge is 0.444 e. The molecule has 104 valence electrons. The molecule has 1 amide bonds. The Morgan fingerprint density at radius 2 is 2.11 bits per heavy atom. The smallest absolute Gasteiger partial charge is 0.408 e. The molecule has 1 aromatic rings. The van der Waals surface area contributed by atoms with E-state index in [1.807, 2.05) is 45.0 Å². The van der Waals surface area contributed by atoms with Gasteiger partial charge in [-0.3, -0.25) is 0 Å². The number of aliphatic hydroxyl groups excluding tert-OH is 1. The first-order chi connectivity index (χ1) is 8.90. The lowest BCUT2D eigenvalue weighted by molar-refractivity contribution is 0.0477. The van der Waals surface area contributed by atoms with E-state index in [1.165, 1.54) is 5.56 Å². The van der Waals surface area contributed by atoms with Crippen LogP contribution in [0.25, 0.3) is 0 Å². The number of carbonyl (C=O) groups excluding carboxylic acids is 1. The third-order valence-corrected chi connectivity index (χ3v) is 3.25. The fourth-order valence-corrected chi connectivity index (χ4v) is 2.48. The quantitative estimate of drug-likeness (QED) is 0.861. The van der Waals surface area contributed by atoms with E-state index in [2.05, 4.69) is 5.32 Å². The van der Waals surface area contributed by atoms with Crippen molar-refractivity contribution < 1.29 is 14.6 Å². The summed E-state index contributed by atoms with van der Waals surface area (Å²) >= 11 is 0. The van der Waals surface area contributed by atoms with Crippen molar-refractivity contribution in [2.24, 2.45) is 5.92 Å². The molecular formula is C15H21NO3. The molecule has 2 atom stereocenters. The minimum Gasteiger partial charge on any atom is -0.444 e. The number of alkyl carbamates (subject to hydrolysis) is 1. The molecule has 0 aromatic heterocycles. The van der Waals surface area contributed by atoms with Crippen molar-refractivity contribution in [2.75, 3.05) is 6.61 Å². The Morgan fingerprint density at radius 3 is 2.74 bits per heavy atom. The van der Waals surface area contributed by atoms with Gasteiger partial charge in [0.15, 0.2) is 0 Å². The van der Waals surface area contributed by atoms with E-state index in [1.54, 1.807) is 0 Å². The fraction of sp³-hybridized carbons (Fsp3) is 0.533. The second-order valence-electron chi connectivity index (χ2n) is 5.97. The highest BCUT2D eigenvalue weighted by Gasteiger charge is 2.33. The zero-order valence-electron chi connectivity index (χ0n) is 11.6. The summed E-state index contributed by atoms with van der Waals surface area (Å²) < 4.78 is 5.28. The Morgan fingerprint density at radius 1 is 1.42 bits per heavy atom. The molecule has 2 unspecified atom stereocenters. The van der Waals surface area contributed by atoms with Gasteiger partial charge in [-0.2, -0.15) is 0 Å². The second kappa shape index (κ2) is 5.21. The second-order valence-corrected chi connectivity index (χ2v) is 5.97. The van der Waals surface area contributed by atoms with E-state index in [0.29, 0.717) is 0 Å². The van der Waals surface area contributed by atoms with Gasteiger partial charge in [-0.1, -0.05) is 24.3 Å². The number of hydrogen-bond acceptors (Lipinski definition) is 3. The molecule has 1 aliphatic rings. The van der Waals surface area contributed by atoms with Crippen LogP contribution < -0.4 is 5.32 Å². The number of nitrogens with one attached hydrogen (secondary N) is 1. The van der Waals surface area contributed by atoms with Gasteiger partial charge < -0.3 is 15.2 Å². The summed E-state index contributed by atoms with van der Waals surface area (Å²) in [5.41, 5.74) is 1.74. The molecule has 1 aromatic carbocycles. The molecule has 2 rings (SSSR count). The maximum atomic E-state index is 11.9. The molecule has 4 heteroatoms. The van der Waals surface area contributed by atoms with Crippen LogP contribution in [0.15, 0.2) is 24.3 Å². The van der Waals surface area contributed by atoms with E-state index in [-0.39, 0.29) is 18.6 Å². The van der Waals surface area contributed by atoms with Gasteiger partial charge in [-0.25, -0.2) is 4.79 Å². The van der Waals surface area contributed by atoms with Gasteiger partial charge >= 0.3 is 6.09 Å². The number of carbonyl (C=O) groups is 1. The third kappa shape index (κ3) is 3.26. The van der Waals surface area contributed by atoms with Crippen LogP contribution in [-0.2, 0) is 11.2 Å². The summed E-state index contributed by atoms with van der Waals surface area (Å²) in [5.74, 6) is 0.0184. The topological polar surface area (TPSA) is 58.6 Å². The summed E-state index contributed by atoms with van der Waals surface area (Å²) in [4.78, 5) is 11.9. The third-order valence-electron chi connectivity index (χ3n) is 3.25. The average molecular weight is 263 g/mol. The number of benzene rings is 1. The van der Waals surface area contributed by atoms with Crippen LogP contribution in [0.4, 0.5) is 4.79 Å². The van der Waals surface area contributed by atoms with E-state index in [0.717, 1.165) is 12.0 Å². The van der Waals surface area contributed by atoms with Gasteiger partial charge in [0.25, 0.3) is 0 Å². The monoisotopic (exact) mass is 263 g/mol. The maximum absolute atomic E-state index is 11.9. The van der Waals surface area contributed by atoms with Gasteiger partial charge in [0.05, 0.1) is 6.04 Å². The Labute approximate surface area is 113 Å². The average Bonchev–Trinajstić information content (AvgIpc) is 2.65. The molecule has 0 heterocycles. The molecular weight excluding hydrogens is 242 g/mol. The highest BCUT2D eigenvalue weighted by Crippen LogP contribution is 2.35. The number of fused-ring (bicyclic) bond motifs is 1. The van der Waals surface area contributed by atoms with Crippen LogP contribution in [0.5, 0.6) is 0 Å². The normalized spacial score (nSPS) is 21.9. The first-order valence-electron chi connectivity index (χ1n) is 6.59. The van der Waals surface area contributed by atoms with Crippen molar-refractivity contribution in [3.05, 3.63) is 35.4 Å². The minimum absolute atomic E-state index is 0.0184. The van der Waals surface area contributed by atoms with Crippen LogP contribution in [0.2, 0.25) is 0 Å². The van der Waals surface area contributed by atoms with Crippen LogP contribution in [-0.4, -0.2) is 23.4 Å². The molecule has 0 fully saturated rings. The van der Waals surface area contributed by atoms with Gasteiger partial charge in [0, 0.05) is 12.5 Å². The highest BCUT2D eigenvalue weighted by molar-refractivity contribution is 5.69. The molecule has 0 saturated heterocycles. The predicted molar refractivity (Wildman–Crippen MR) is 72.8 cm³/mol. The first-order valence-corrected chi connectivity index (χ1v) is 6.59. The number of ether oxygens (including phenoxy) is 1. The molecule has 0 spiro atoms. The summed E-state index contributed by atoms with van der Waals surface area (Å²) in [5, 5.41) is 12.3. The van der Waals surface area contributed by atoms with Gasteiger partial charge in [-0.05, 0) is 38.3 Å². The highest BCUT2D eigenvalue weighted by atomic mass is 16.6. The molecule has 0 aliphatic heterocycles. The number of aliphatic hydroxyl groups is 1. The van der Waals surface area contributed by atoms with Crippen LogP contribution in [0.3, 0.4) is 0 Å². The zero-order chi connectivity index (χ0) is 14.0. The van der Waals surface area contributed by atoms with Gasteiger partial charge in [-0.15, -0.1) is 0 Å². The molecule has 2 N–H and O–H groups in total. The Balaban J connectivity index is 2.12. The fourth-order valence-electron chi connectivity index (χ4n) is 2.48. The van der Waals surface area contributed by atoms with Crippen LogP contribution in [0, 0.1) is 5.92 Å². The van der Waals surface area contributed by atoms with Gasteiger partial charge in [0.1, 0.15) is 5.60 Å². The van der Waals surface area contributed by atoms with E-state index < -0.39 is 11.7 Å². The van der Waals surface area contributed by atoms with Crippen molar-refractivity contribution in [2.45, 2.75) is 38.8 Å². The lowest BCUT2D eigenvalue weighted by Crippen LogP contribution is -2.37. The first kappa shape index (κ1) is 13.9. The predicted octanol–water partition coefficient (Wildman–Crippen LogP) is 2.42. The number of rotatable bonds is 2. The Bertz CT molecular complexity index is 465. The minimum atomic E-state index is -0.517. The lowest BCUT2D eigenvalue weighted by Gasteiger charge is -2.24. The molecule has 0 radical (unpaired) electrons. The van der Waals surface area contributed by atoms with Crippen molar-refractivity contribution in [1.82, 2.24) is 5.32 Å². The summed E-state index contributed by atoms with van der Waals surface area (Å²) in [6, 6.07) is 7.78. The number of amides is 1. The van der Waals surface area contributed by atoms with E-state index >= 15 is 0 Å². The van der Waals surface area contributed by atoms with Crippen molar-refractivity contribution in [1.29, 1.82) is 0 Å². The lowest BCUT2D eigenvalue weighted by atomic mass is 10.0. The summed E-state index contributed by atoms with van der Waals surface area (Å²) in [7, 11) is 0. The van der Waals surface area contributed by atoms with Crippen molar-refractivity contribution in [3.63, 3.8) is 0 Å². The molecule has 19 heavy (non-hydrogen) atoms. The summed E-state index contributed by atoms with van der Waals surface area (Å²) in [6.07, 6.45) is 0.348. The molecule has 1 aliphatic carbocycles. The van der Waals surface area contributed by atoms with Crippen LogP contribution >= 0.6 is 0 Å². The van der Waals surface area contributed by atoms with Crippen LogP contribution in [0.1, 0.15) is 37.9 Å². The zero-order valence-corrected chi connectivity index (χ0v) is 11.6. The Hall–Kier alpha value is -1.55. The molecule has 0 saturated carbocycles. The van der Waals surface area contributed by atoms with E-state index in [9.17, 15) is 9.90 Å². The SMILES string of the molecule is CC(C)(C)OC(=O)NC1c2ccccc2CC1CO. The van der Waals surface area contributed by atoms with Crippen molar-refractivity contribution >= 4 is 6.09 Å². The molecule has 0 bridgehead atoms. The van der Waals surface area contributed by atoms with Crippen molar-refractivity contribution in [3.8, 4) is 0 Å². The number of hydrogen-bond donors (Lipinski definition) is 2. The Kier molecular flexibility index (Phi) is 3.80. The standard InChI is InChI=1S/C15H21NO3/c1-15(2,3)19-14(18)16-13-11(9-17)8-10-6-4-5-7-12(10)13/h4-7,11,13,17H,8-9H2,1-3H3,(H,16,18). The summed E-state index contributed by atoms with van der Waals surface area (Å²) in [6.45, 7) is 5.55. The molecule has 4 nitrogen and oxygen atoms in total. The van der Waals surface area contributed by atoms with E-state index in [4.69, 9.17) is 4.74 Å². The maximum Gasteiger partial charge on any atom is 0.408 e. The van der Waals surface area contributed by atoms with Gasteiger partial charge in [0.2, 0.25) is 0 Å².